The predicted octanol–water partition coefficient (Wildman–Crippen LogP) is 2.48. The zero-order chi connectivity index (χ0) is 17.3. The number of halogens is 2. The highest BCUT2D eigenvalue weighted by molar-refractivity contribution is 6.31. The number of aromatic nitrogens is 3. The van der Waals surface area contributed by atoms with Crippen molar-refractivity contribution in [2.45, 2.75) is 18.8 Å². The Morgan fingerprint density at radius 1 is 1.42 bits per heavy atom. The van der Waals surface area contributed by atoms with Crippen LogP contribution in [0.1, 0.15) is 24.5 Å². The molecule has 0 aliphatic carbocycles. The summed E-state index contributed by atoms with van der Waals surface area (Å²) in [7, 11) is 0. The number of carboxylic acid groups (broad SMARTS) is 1. The Morgan fingerprint density at radius 2 is 2.12 bits per heavy atom. The number of aromatic amines is 1. The molecule has 1 aliphatic heterocycles. The molecular formula is C15H14ClFN4O3. The quantitative estimate of drug-likeness (QED) is 0.809. The van der Waals surface area contributed by atoms with Crippen molar-refractivity contribution in [3.05, 3.63) is 45.3 Å². The fraction of sp³-hybridized carbons (Fsp3) is 0.333. The summed E-state index contributed by atoms with van der Waals surface area (Å²) in [6, 6.07) is 2.70. The first-order valence-corrected chi connectivity index (χ1v) is 7.73. The molecule has 2 aromatic rings. The maximum Gasteiger partial charge on any atom is 0.407 e. The smallest absolute Gasteiger partial charge is 0.407 e. The molecule has 1 aliphatic rings. The minimum atomic E-state index is -0.966. The maximum atomic E-state index is 13.3. The van der Waals surface area contributed by atoms with Gasteiger partial charge in [0, 0.05) is 36.8 Å². The summed E-state index contributed by atoms with van der Waals surface area (Å²) < 4.78 is 13.3. The van der Waals surface area contributed by atoms with E-state index in [0.29, 0.717) is 37.2 Å². The lowest BCUT2D eigenvalue weighted by Gasteiger charge is -2.30. The monoisotopic (exact) mass is 352 g/mol. The lowest BCUT2D eigenvalue weighted by atomic mass is 9.93. The van der Waals surface area contributed by atoms with Crippen LogP contribution in [0, 0.1) is 5.95 Å². The minimum absolute atomic E-state index is 0.0120. The van der Waals surface area contributed by atoms with Crippen LogP contribution in [0.15, 0.2) is 23.1 Å². The predicted molar refractivity (Wildman–Crippen MR) is 84.6 cm³/mol. The summed E-state index contributed by atoms with van der Waals surface area (Å²) in [6.07, 6.45) is 1.36. The standard InChI is InChI=1S/C15H14ClFN4O3/c16-11-12(8-2-5-21(6-3-8)15(23)24)19-13(20-14(11)22)9-1-4-18-10(17)7-9/h1,4,7-8H,2-3,5-6H2,(H,23,24)(H,19,20,22). The van der Waals surface area contributed by atoms with Crippen LogP contribution in [-0.2, 0) is 0 Å². The van der Waals surface area contributed by atoms with E-state index in [0.717, 1.165) is 0 Å². The highest BCUT2D eigenvalue weighted by Crippen LogP contribution is 2.31. The molecular weight excluding hydrogens is 339 g/mol. The minimum Gasteiger partial charge on any atom is -0.465 e. The number of H-pyrrole nitrogens is 1. The van der Waals surface area contributed by atoms with Crippen LogP contribution in [0.25, 0.3) is 11.4 Å². The largest absolute Gasteiger partial charge is 0.465 e. The number of rotatable bonds is 2. The van der Waals surface area contributed by atoms with Gasteiger partial charge in [0.25, 0.3) is 5.56 Å². The van der Waals surface area contributed by atoms with Crippen molar-refractivity contribution in [3.8, 4) is 11.4 Å². The molecule has 0 aromatic carbocycles. The number of nitrogens with one attached hydrogen (secondary N) is 1. The van der Waals surface area contributed by atoms with E-state index in [1.54, 1.807) is 0 Å². The number of hydrogen-bond acceptors (Lipinski definition) is 4. The van der Waals surface area contributed by atoms with E-state index < -0.39 is 17.6 Å². The number of amides is 1. The summed E-state index contributed by atoms with van der Waals surface area (Å²) in [5, 5.41) is 8.99. The van der Waals surface area contributed by atoms with Crippen molar-refractivity contribution in [3.63, 3.8) is 0 Å². The van der Waals surface area contributed by atoms with E-state index in [-0.39, 0.29) is 16.8 Å². The third-order valence-corrected chi connectivity index (χ3v) is 4.41. The zero-order valence-electron chi connectivity index (χ0n) is 12.5. The Morgan fingerprint density at radius 3 is 2.75 bits per heavy atom. The summed E-state index contributed by atoms with van der Waals surface area (Å²) in [4.78, 5) is 34.8. The number of nitrogens with zero attached hydrogens (tertiary/aromatic N) is 3. The molecule has 0 saturated carbocycles. The van der Waals surface area contributed by atoms with Crippen molar-refractivity contribution in [2.75, 3.05) is 13.1 Å². The third kappa shape index (κ3) is 3.23. The van der Waals surface area contributed by atoms with Gasteiger partial charge in [-0.1, -0.05) is 11.6 Å². The summed E-state index contributed by atoms with van der Waals surface area (Å²) >= 11 is 6.09. The van der Waals surface area contributed by atoms with Gasteiger partial charge in [0.1, 0.15) is 10.8 Å². The molecule has 2 N–H and O–H groups in total. The van der Waals surface area contributed by atoms with Gasteiger partial charge in [-0.3, -0.25) is 4.79 Å². The second kappa shape index (κ2) is 6.56. The summed E-state index contributed by atoms with van der Waals surface area (Å²) in [5.74, 6) is -0.594. The molecule has 0 radical (unpaired) electrons. The van der Waals surface area contributed by atoms with Crippen LogP contribution in [0.5, 0.6) is 0 Å². The molecule has 0 atom stereocenters. The van der Waals surface area contributed by atoms with E-state index in [9.17, 15) is 14.0 Å². The maximum absolute atomic E-state index is 13.3. The molecule has 1 amide bonds. The molecule has 7 nitrogen and oxygen atoms in total. The van der Waals surface area contributed by atoms with Crippen molar-refractivity contribution < 1.29 is 14.3 Å². The van der Waals surface area contributed by atoms with Gasteiger partial charge in [0.2, 0.25) is 5.95 Å². The molecule has 1 saturated heterocycles. The van der Waals surface area contributed by atoms with Crippen LogP contribution in [0.2, 0.25) is 5.02 Å². The Bertz CT molecular complexity index is 834. The van der Waals surface area contributed by atoms with E-state index in [1.165, 1.54) is 23.2 Å². The molecule has 0 bridgehead atoms. The molecule has 0 spiro atoms. The number of likely N-dealkylation sites (tertiary alicyclic amines) is 1. The molecule has 24 heavy (non-hydrogen) atoms. The molecule has 0 unspecified atom stereocenters. The van der Waals surface area contributed by atoms with Gasteiger partial charge in [-0.15, -0.1) is 0 Å². The number of carbonyl (C=O) groups is 1. The number of hydrogen-bond donors (Lipinski definition) is 2. The first-order chi connectivity index (χ1) is 11.5. The lowest BCUT2D eigenvalue weighted by molar-refractivity contribution is 0.131. The van der Waals surface area contributed by atoms with Crippen molar-refractivity contribution in [1.29, 1.82) is 0 Å². The first-order valence-electron chi connectivity index (χ1n) is 7.35. The molecule has 1 fully saturated rings. The molecule has 3 heterocycles. The van der Waals surface area contributed by atoms with E-state index >= 15 is 0 Å². The number of pyridine rings is 1. The van der Waals surface area contributed by atoms with Gasteiger partial charge in [0.05, 0.1) is 5.69 Å². The van der Waals surface area contributed by atoms with Crippen LogP contribution in [-0.4, -0.2) is 44.1 Å². The summed E-state index contributed by atoms with van der Waals surface area (Å²) in [5.41, 5.74) is 0.299. The highest BCUT2D eigenvalue weighted by atomic mass is 35.5. The normalized spacial score (nSPS) is 15.5. The fourth-order valence-corrected chi connectivity index (χ4v) is 3.02. The van der Waals surface area contributed by atoms with E-state index in [4.69, 9.17) is 16.7 Å². The van der Waals surface area contributed by atoms with Gasteiger partial charge in [-0.05, 0) is 18.9 Å². The molecule has 2 aromatic heterocycles. The lowest BCUT2D eigenvalue weighted by Crippen LogP contribution is -2.37. The third-order valence-electron chi connectivity index (χ3n) is 4.04. The second-order valence-electron chi connectivity index (χ2n) is 5.52. The van der Waals surface area contributed by atoms with Crippen molar-refractivity contribution in [2.24, 2.45) is 0 Å². The highest BCUT2D eigenvalue weighted by Gasteiger charge is 2.27. The fourth-order valence-electron chi connectivity index (χ4n) is 2.78. The molecule has 3 rings (SSSR count). The Balaban J connectivity index is 1.94. The molecule has 9 heteroatoms. The van der Waals surface area contributed by atoms with Crippen LogP contribution in [0.3, 0.4) is 0 Å². The molecule has 126 valence electrons. The number of piperidine rings is 1. The van der Waals surface area contributed by atoms with Gasteiger partial charge >= 0.3 is 6.09 Å². The van der Waals surface area contributed by atoms with E-state index in [2.05, 4.69) is 15.0 Å². The van der Waals surface area contributed by atoms with Gasteiger partial charge in [-0.2, -0.15) is 4.39 Å². The van der Waals surface area contributed by atoms with Gasteiger partial charge in [0.15, 0.2) is 0 Å². The van der Waals surface area contributed by atoms with Gasteiger partial charge < -0.3 is 15.0 Å². The average Bonchev–Trinajstić information content (AvgIpc) is 2.57. The van der Waals surface area contributed by atoms with Crippen molar-refractivity contribution in [1.82, 2.24) is 19.9 Å². The van der Waals surface area contributed by atoms with Gasteiger partial charge in [-0.25, -0.2) is 14.8 Å². The topological polar surface area (TPSA) is 99.2 Å². The SMILES string of the molecule is O=C(O)N1CCC(c2nc(-c3ccnc(F)c3)[nH]c(=O)c2Cl)CC1. The second-order valence-corrected chi connectivity index (χ2v) is 5.90. The zero-order valence-corrected chi connectivity index (χ0v) is 13.3. The van der Waals surface area contributed by atoms with Crippen molar-refractivity contribution >= 4 is 17.7 Å². The average molecular weight is 353 g/mol. The Kier molecular flexibility index (Phi) is 4.48. The van der Waals surface area contributed by atoms with E-state index in [1.807, 2.05) is 0 Å². The summed E-state index contributed by atoms with van der Waals surface area (Å²) in [6.45, 7) is 0.702. The van der Waals surface area contributed by atoms with Crippen LogP contribution in [0.4, 0.5) is 9.18 Å². The van der Waals surface area contributed by atoms with Crippen LogP contribution >= 0.6 is 11.6 Å². The van der Waals surface area contributed by atoms with Crippen LogP contribution < -0.4 is 5.56 Å². The Hall–Kier alpha value is -2.48. The Labute approximate surface area is 141 Å². The first kappa shape index (κ1) is 16.4.